The van der Waals surface area contributed by atoms with Crippen LogP contribution in [0.2, 0.25) is 0 Å². The van der Waals surface area contributed by atoms with Crippen LogP contribution in [0.25, 0.3) is 0 Å². The van der Waals surface area contributed by atoms with Crippen LogP contribution in [0.4, 0.5) is 4.79 Å². The van der Waals surface area contributed by atoms with Crippen LogP contribution in [0.1, 0.15) is 26.7 Å². The minimum Gasteiger partial charge on any atom is -0.449 e. The lowest BCUT2D eigenvalue weighted by Crippen LogP contribution is -2.43. The largest absolute Gasteiger partial charge is 0.449 e. The van der Waals surface area contributed by atoms with E-state index in [2.05, 4.69) is 5.32 Å². The van der Waals surface area contributed by atoms with Gasteiger partial charge in [0, 0.05) is 32.7 Å². The molecule has 6 nitrogen and oxygen atoms in total. The average Bonchev–Trinajstić information content (AvgIpc) is 2.45. The third kappa shape index (κ3) is 5.77. The molecule has 0 aromatic heterocycles. The van der Waals surface area contributed by atoms with Crippen LogP contribution in [-0.2, 0) is 14.3 Å². The first-order chi connectivity index (χ1) is 9.54. The highest BCUT2D eigenvalue weighted by Gasteiger charge is 2.27. The van der Waals surface area contributed by atoms with E-state index in [1.54, 1.807) is 12.0 Å². The van der Waals surface area contributed by atoms with Crippen molar-refractivity contribution < 1.29 is 19.1 Å². The topological polar surface area (TPSA) is 67.9 Å². The quantitative estimate of drug-likeness (QED) is 0.746. The summed E-state index contributed by atoms with van der Waals surface area (Å²) in [6.07, 6.45) is 1.11. The Bertz CT molecular complexity index is 312. The summed E-state index contributed by atoms with van der Waals surface area (Å²) in [4.78, 5) is 25.3. The number of nitrogens with one attached hydrogen (secondary N) is 1. The molecule has 0 aromatic carbocycles. The lowest BCUT2D eigenvalue weighted by atomic mass is 9.96. The fourth-order valence-electron chi connectivity index (χ4n) is 2.07. The molecule has 1 saturated heterocycles. The van der Waals surface area contributed by atoms with Gasteiger partial charge in [0.15, 0.2) is 0 Å². The van der Waals surface area contributed by atoms with Crippen LogP contribution in [0, 0.1) is 11.8 Å². The highest BCUT2D eigenvalue weighted by atomic mass is 16.6. The van der Waals surface area contributed by atoms with Gasteiger partial charge in [-0.1, -0.05) is 13.8 Å². The van der Waals surface area contributed by atoms with Crippen molar-refractivity contribution in [2.24, 2.45) is 11.8 Å². The molecule has 1 fully saturated rings. The van der Waals surface area contributed by atoms with Gasteiger partial charge in [0.25, 0.3) is 0 Å². The zero-order chi connectivity index (χ0) is 15.0. The molecule has 0 atom stereocenters. The maximum Gasteiger partial charge on any atom is 0.409 e. The third-order valence-electron chi connectivity index (χ3n) is 3.27. The number of ether oxygens (including phenoxy) is 2. The van der Waals surface area contributed by atoms with Crippen molar-refractivity contribution in [1.29, 1.82) is 0 Å². The number of methoxy groups -OCH3 is 1. The van der Waals surface area contributed by atoms with Gasteiger partial charge in [0.05, 0.1) is 13.2 Å². The molecule has 1 N–H and O–H groups in total. The summed E-state index contributed by atoms with van der Waals surface area (Å²) in [6.45, 7) is 6.67. The monoisotopic (exact) mass is 286 g/mol. The van der Waals surface area contributed by atoms with Gasteiger partial charge in [-0.25, -0.2) is 4.79 Å². The summed E-state index contributed by atoms with van der Waals surface area (Å²) < 4.78 is 10.1. The van der Waals surface area contributed by atoms with Gasteiger partial charge in [-0.3, -0.25) is 4.79 Å². The fraction of sp³-hybridized carbons (Fsp3) is 0.857. The number of likely N-dealkylation sites (tertiary alicyclic amines) is 1. The molecule has 1 rings (SSSR count). The molecule has 0 spiro atoms. The summed E-state index contributed by atoms with van der Waals surface area (Å²) in [6, 6.07) is 0. The predicted molar refractivity (Wildman–Crippen MR) is 75.4 cm³/mol. The summed E-state index contributed by atoms with van der Waals surface area (Å²) in [5.41, 5.74) is 0. The number of nitrogens with zero attached hydrogens (tertiary/aromatic N) is 1. The van der Waals surface area contributed by atoms with Crippen molar-refractivity contribution in [3.63, 3.8) is 0 Å². The second-order valence-electron chi connectivity index (χ2n) is 5.52. The number of carbonyl (C=O) groups excluding carboxylic acids is 2. The molecular weight excluding hydrogens is 260 g/mol. The maximum atomic E-state index is 11.9. The van der Waals surface area contributed by atoms with Crippen LogP contribution in [-0.4, -0.2) is 56.9 Å². The van der Waals surface area contributed by atoms with Gasteiger partial charge in [-0.2, -0.15) is 0 Å². The van der Waals surface area contributed by atoms with Crippen molar-refractivity contribution in [2.45, 2.75) is 26.7 Å². The second-order valence-corrected chi connectivity index (χ2v) is 5.52. The fourth-order valence-corrected chi connectivity index (χ4v) is 2.07. The highest BCUT2D eigenvalue weighted by Crippen LogP contribution is 2.18. The smallest absolute Gasteiger partial charge is 0.409 e. The Morgan fingerprint density at radius 3 is 2.50 bits per heavy atom. The van der Waals surface area contributed by atoms with Crippen molar-refractivity contribution >= 4 is 12.0 Å². The van der Waals surface area contributed by atoms with Gasteiger partial charge in [0.2, 0.25) is 5.91 Å². The van der Waals surface area contributed by atoms with E-state index in [-0.39, 0.29) is 17.9 Å². The summed E-state index contributed by atoms with van der Waals surface area (Å²) >= 11 is 0. The minimum atomic E-state index is -0.267. The molecule has 1 heterocycles. The molecule has 0 aromatic rings. The van der Waals surface area contributed by atoms with Crippen molar-refractivity contribution in [3.8, 4) is 0 Å². The van der Waals surface area contributed by atoms with E-state index >= 15 is 0 Å². The lowest BCUT2D eigenvalue weighted by molar-refractivity contribution is -0.126. The minimum absolute atomic E-state index is 0.0130. The normalized spacial score (nSPS) is 16.3. The Balaban J connectivity index is 2.25. The van der Waals surface area contributed by atoms with Crippen LogP contribution < -0.4 is 5.32 Å². The van der Waals surface area contributed by atoms with Crippen LogP contribution in [0.3, 0.4) is 0 Å². The number of hydrogen-bond donors (Lipinski definition) is 1. The van der Waals surface area contributed by atoms with Gasteiger partial charge in [-0.15, -0.1) is 0 Å². The molecule has 1 aliphatic rings. The molecule has 0 unspecified atom stereocenters. The molecule has 6 heteroatoms. The molecule has 0 radical (unpaired) electrons. The van der Waals surface area contributed by atoms with E-state index in [0.29, 0.717) is 51.6 Å². The number of rotatable bonds is 6. The maximum absolute atomic E-state index is 11.9. The Labute approximate surface area is 120 Å². The van der Waals surface area contributed by atoms with Crippen molar-refractivity contribution in [1.82, 2.24) is 10.2 Å². The Hall–Kier alpha value is -1.30. The van der Waals surface area contributed by atoms with E-state index in [4.69, 9.17) is 9.47 Å². The van der Waals surface area contributed by atoms with Gasteiger partial charge < -0.3 is 19.7 Å². The molecule has 116 valence electrons. The summed E-state index contributed by atoms with van der Waals surface area (Å²) in [5.74, 6) is 0.376. The van der Waals surface area contributed by atoms with Gasteiger partial charge in [-0.05, 0) is 18.8 Å². The standard InChI is InChI=1S/C14H26N2O4/c1-11(2)10-20-14(18)16-7-4-12(5-8-16)13(17)15-6-9-19-3/h11-12H,4-10H2,1-3H3,(H,15,17). The van der Waals surface area contributed by atoms with Crippen LogP contribution >= 0.6 is 0 Å². The molecule has 1 aliphatic heterocycles. The summed E-state index contributed by atoms with van der Waals surface area (Å²) in [7, 11) is 1.60. The van der Waals surface area contributed by atoms with E-state index in [9.17, 15) is 9.59 Å². The zero-order valence-electron chi connectivity index (χ0n) is 12.7. The van der Waals surface area contributed by atoms with E-state index in [1.165, 1.54) is 0 Å². The number of amides is 2. The predicted octanol–water partition coefficient (Wildman–Crippen LogP) is 1.25. The first-order valence-corrected chi connectivity index (χ1v) is 7.23. The average molecular weight is 286 g/mol. The van der Waals surface area contributed by atoms with E-state index < -0.39 is 0 Å². The first kappa shape index (κ1) is 16.8. The first-order valence-electron chi connectivity index (χ1n) is 7.23. The number of piperidine rings is 1. The number of carbonyl (C=O) groups is 2. The Morgan fingerprint density at radius 2 is 1.95 bits per heavy atom. The molecule has 2 amide bonds. The highest BCUT2D eigenvalue weighted by molar-refractivity contribution is 5.79. The molecule has 0 bridgehead atoms. The molecule has 0 saturated carbocycles. The van der Waals surface area contributed by atoms with Gasteiger partial charge >= 0.3 is 6.09 Å². The van der Waals surface area contributed by atoms with E-state index in [1.807, 2.05) is 13.8 Å². The van der Waals surface area contributed by atoms with Gasteiger partial charge in [0.1, 0.15) is 0 Å². The van der Waals surface area contributed by atoms with E-state index in [0.717, 1.165) is 0 Å². The Morgan fingerprint density at radius 1 is 1.30 bits per heavy atom. The molecule has 20 heavy (non-hydrogen) atoms. The molecular formula is C14H26N2O4. The van der Waals surface area contributed by atoms with Crippen molar-refractivity contribution in [3.05, 3.63) is 0 Å². The SMILES string of the molecule is COCCNC(=O)C1CCN(C(=O)OCC(C)C)CC1. The number of hydrogen-bond acceptors (Lipinski definition) is 4. The van der Waals surface area contributed by atoms with Crippen LogP contribution in [0.15, 0.2) is 0 Å². The zero-order valence-corrected chi connectivity index (χ0v) is 12.7. The summed E-state index contributed by atoms with van der Waals surface area (Å²) in [5, 5.41) is 2.84. The third-order valence-corrected chi connectivity index (χ3v) is 3.27. The lowest BCUT2D eigenvalue weighted by Gasteiger charge is -2.30. The Kier molecular flexibility index (Phi) is 7.36. The second kappa shape index (κ2) is 8.79. The molecule has 0 aliphatic carbocycles. The van der Waals surface area contributed by atoms with Crippen LogP contribution in [0.5, 0.6) is 0 Å². The van der Waals surface area contributed by atoms with Crippen molar-refractivity contribution in [2.75, 3.05) is 40.0 Å².